The summed E-state index contributed by atoms with van der Waals surface area (Å²) in [5, 5.41) is 6.20. The van der Waals surface area contributed by atoms with Crippen LogP contribution in [-0.4, -0.2) is 41.4 Å². The van der Waals surface area contributed by atoms with Crippen LogP contribution in [-0.2, 0) is 31.3 Å². The fraction of sp³-hybridized carbons (Fsp3) is 0.304. The van der Waals surface area contributed by atoms with Gasteiger partial charge in [-0.2, -0.15) is 0 Å². The number of amides is 4. The van der Waals surface area contributed by atoms with Crippen molar-refractivity contribution < 1.29 is 28.7 Å². The monoisotopic (exact) mass is 482 g/mol. The summed E-state index contributed by atoms with van der Waals surface area (Å²) in [6, 6.07) is 9.36. The lowest BCUT2D eigenvalue weighted by molar-refractivity contribution is -0.143. The summed E-state index contributed by atoms with van der Waals surface area (Å²) in [5.74, 6) is -3.00. The number of halogens is 1. The molecule has 0 aromatic heterocycles. The minimum Gasteiger partial charge on any atom is -0.454 e. The Bertz CT molecular complexity index is 1300. The van der Waals surface area contributed by atoms with Gasteiger partial charge >= 0.3 is 0 Å². The van der Waals surface area contributed by atoms with E-state index >= 15 is 0 Å². The van der Waals surface area contributed by atoms with Crippen LogP contribution in [0, 0.1) is 11.8 Å². The highest BCUT2D eigenvalue weighted by Crippen LogP contribution is 2.54. The minimum absolute atomic E-state index is 0.00923. The Morgan fingerprint density at radius 2 is 1.94 bits per heavy atom. The number of likely N-dealkylation sites (tertiary alicyclic amines) is 1. The van der Waals surface area contributed by atoms with Gasteiger partial charge in [-0.1, -0.05) is 29.8 Å². The van der Waals surface area contributed by atoms with Gasteiger partial charge in [0.05, 0.1) is 29.1 Å². The van der Waals surface area contributed by atoms with Gasteiger partial charge in [-0.15, -0.1) is 0 Å². The molecule has 4 heterocycles. The van der Waals surface area contributed by atoms with E-state index in [2.05, 4.69) is 10.6 Å². The second kappa shape index (κ2) is 7.18. The number of para-hydroxylation sites is 1. The molecule has 2 fully saturated rings. The van der Waals surface area contributed by atoms with E-state index in [1.807, 2.05) is 0 Å². The Kier molecular flexibility index (Phi) is 4.42. The smallest absolute Gasteiger partial charge is 0.250 e. The quantitative estimate of drug-likeness (QED) is 0.549. The minimum atomic E-state index is -1.54. The highest BCUT2D eigenvalue weighted by atomic mass is 35.5. The molecule has 2 aromatic carbocycles. The Hall–Kier alpha value is -3.63. The second-order valence-corrected chi connectivity index (χ2v) is 9.21. The molecule has 4 aliphatic rings. The normalized spacial score (nSPS) is 28.4. The molecule has 10 nitrogen and oxygen atoms in total. The number of primary amides is 1. The van der Waals surface area contributed by atoms with Gasteiger partial charge in [0.25, 0.3) is 0 Å². The van der Waals surface area contributed by atoms with Gasteiger partial charge in [0.15, 0.2) is 11.5 Å². The van der Waals surface area contributed by atoms with Crippen molar-refractivity contribution in [1.82, 2.24) is 10.2 Å². The number of benzene rings is 2. The van der Waals surface area contributed by atoms with E-state index in [9.17, 15) is 19.2 Å². The van der Waals surface area contributed by atoms with Crippen LogP contribution < -0.4 is 25.8 Å². The molecule has 174 valence electrons. The zero-order valence-electron chi connectivity index (χ0n) is 17.7. The summed E-state index contributed by atoms with van der Waals surface area (Å²) in [4.78, 5) is 53.6. The molecule has 0 unspecified atom stereocenters. The van der Waals surface area contributed by atoms with Gasteiger partial charge in [-0.3, -0.25) is 29.4 Å². The third kappa shape index (κ3) is 2.72. The van der Waals surface area contributed by atoms with Crippen LogP contribution in [0.25, 0.3) is 0 Å². The molecular formula is C23H19ClN4O6. The van der Waals surface area contributed by atoms with E-state index in [1.54, 1.807) is 36.4 Å². The predicted molar refractivity (Wildman–Crippen MR) is 118 cm³/mol. The summed E-state index contributed by atoms with van der Waals surface area (Å²) < 4.78 is 10.7. The first-order valence-electron chi connectivity index (χ1n) is 10.7. The first kappa shape index (κ1) is 20.9. The second-order valence-electron chi connectivity index (χ2n) is 8.80. The Labute approximate surface area is 198 Å². The van der Waals surface area contributed by atoms with E-state index in [4.69, 9.17) is 26.8 Å². The van der Waals surface area contributed by atoms with Gasteiger partial charge in [0.2, 0.25) is 30.4 Å². The third-order valence-electron chi connectivity index (χ3n) is 6.99. The highest BCUT2D eigenvalue weighted by Gasteiger charge is 2.70. The first-order valence-corrected chi connectivity index (χ1v) is 11.1. The number of rotatable bonds is 4. The van der Waals surface area contributed by atoms with Gasteiger partial charge in [-0.25, -0.2) is 0 Å². The van der Waals surface area contributed by atoms with Crippen LogP contribution in [0.1, 0.15) is 17.5 Å². The molecule has 6 rings (SSSR count). The summed E-state index contributed by atoms with van der Waals surface area (Å²) in [7, 11) is 0. The largest absolute Gasteiger partial charge is 0.454 e. The van der Waals surface area contributed by atoms with Crippen molar-refractivity contribution in [2.24, 2.45) is 17.6 Å². The number of imide groups is 1. The van der Waals surface area contributed by atoms with E-state index < -0.39 is 47.0 Å². The van der Waals surface area contributed by atoms with Crippen molar-refractivity contribution in [3.05, 3.63) is 52.5 Å². The van der Waals surface area contributed by atoms with Crippen molar-refractivity contribution in [1.29, 1.82) is 0 Å². The summed E-state index contributed by atoms with van der Waals surface area (Å²) >= 11 is 6.31. The number of nitrogens with zero attached hydrogens (tertiary/aromatic N) is 1. The molecule has 4 aliphatic heterocycles. The molecule has 0 saturated carbocycles. The van der Waals surface area contributed by atoms with Crippen LogP contribution in [0.4, 0.5) is 5.69 Å². The van der Waals surface area contributed by atoms with E-state index in [1.165, 1.54) is 0 Å². The van der Waals surface area contributed by atoms with Crippen LogP contribution in [0.2, 0.25) is 5.02 Å². The van der Waals surface area contributed by atoms with Gasteiger partial charge in [0, 0.05) is 18.0 Å². The van der Waals surface area contributed by atoms with Gasteiger partial charge < -0.3 is 20.5 Å². The fourth-order valence-corrected chi connectivity index (χ4v) is 5.84. The molecule has 34 heavy (non-hydrogen) atoms. The zero-order valence-corrected chi connectivity index (χ0v) is 18.4. The van der Waals surface area contributed by atoms with Crippen molar-refractivity contribution >= 4 is 40.9 Å². The van der Waals surface area contributed by atoms with E-state index in [-0.39, 0.29) is 19.8 Å². The topological polar surface area (TPSA) is 140 Å². The lowest BCUT2D eigenvalue weighted by Crippen LogP contribution is -2.53. The van der Waals surface area contributed by atoms with Crippen LogP contribution in [0.3, 0.4) is 0 Å². The number of fused-ring (bicyclic) bond motifs is 5. The van der Waals surface area contributed by atoms with Crippen LogP contribution >= 0.6 is 11.6 Å². The summed E-state index contributed by atoms with van der Waals surface area (Å²) in [6.45, 7) is 0.0925. The summed E-state index contributed by atoms with van der Waals surface area (Å²) in [5.41, 5.74) is 5.43. The maximum Gasteiger partial charge on any atom is 0.250 e. The molecule has 4 N–H and O–H groups in total. The molecule has 4 amide bonds. The van der Waals surface area contributed by atoms with Gasteiger partial charge in [-0.05, 0) is 23.8 Å². The standard InChI is InChI=1S/C23H19ClN4O6/c24-12-3-1-2-11-19(12)26-22(32)23(11)18-17(13(27-23)7-16(25)29)20(30)28(21(18)31)8-10-4-5-14-15(6-10)34-9-33-14/h1-6,13,17-18,27H,7-9H2,(H2,25,29)(H,26,32)/t13-,17+,18-,23+/m0/s1. The summed E-state index contributed by atoms with van der Waals surface area (Å²) in [6.07, 6.45) is -0.205. The van der Waals surface area contributed by atoms with Crippen molar-refractivity contribution in [3.8, 4) is 11.5 Å². The number of anilines is 1. The zero-order chi connectivity index (χ0) is 23.8. The van der Waals surface area contributed by atoms with Crippen LogP contribution in [0.5, 0.6) is 11.5 Å². The molecule has 11 heteroatoms. The molecule has 0 aliphatic carbocycles. The SMILES string of the molecule is NC(=O)C[C@@H]1N[C@@]2(C(=O)Nc3c(Cl)cccc32)[C@@H]2C(=O)N(Cc3ccc4c(c3)OCO4)C(=O)[C@H]12. The molecule has 1 spiro atoms. The number of nitrogens with two attached hydrogens (primary N) is 1. The molecule has 2 aromatic rings. The maximum atomic E-state index is 13.7. The number of hydrogen-bond acceptors (Lipinski definition) is 7. The average Bonchev–Trinajstić information content (AvgIpc) is 3.51. The van der Waals surface area contributed by atoms with Crippen molar-refractivity contribution in [3.63, 3.8) is 0 Å². The van der Waals surface area contributed by atoms with E-state index in [0.717, 1.165) is 4.90 Å². The third-order valence-corrected chi connectivity index (χ3v) is 7.30. The molecule has 0 bridgehead atoms. The Balaban J connectivity index is 1.42. The Morgan fingerprint density at radius 3 is 2.74 bits per heavy atom. The van der Waals surface area contributed by atoms with Crippen molar-refractivity contribution in [2.75, 3.05) is 12.1 Å². The molecular weight excluding hydrogens is 464 g/mol. The molecule has 4 atom stereocenters. The van der Waals surface area contributed by atoms with Gasteiger partial charge in [0.1, 0.15) is 5.54 Å². The van der Waals surface area contributed by atoms with Crippen molar-refractivity contribution in [2.45, 2.75) is 24.5 Å². The first-order chi connectivity index (χ1) is 16.3. The lowest BCUT2D eigenvalue weighted by atomic mass is 9.76. The highest BCUT2D eigenvalue weighted by molar-refractivity contribution is 6.35. The number of carbonyl (C=O) groups excluding carboxylic acids is 4. The molecule has 0 radical (unpaired) electrons. The fourth-order valence-electron chi connectivity index (χ4n) is 5.62. The predicted octanol–water partition coefficient (Wildman–Crippen LogP) is 0.865. The average molecular weight is 483 g/mol. The lowest BCUT2D eigenvalue weighted by Gasteiger charge is -2.29. The number of hydrogen-bond donors (Lipinski definition) is 3. The number of ether oxygens (including phenoxy) is 2. The van der Waals surface area contributed by atoms with Crippen LogP contribution in [0.15, 0.2) is 36.4 Å². The number of carbonyl (C=O) groups is 4. The Morgan fingerprint density at radius 1 is 1.15 bits per heavy atom. The number of nitrogens with one attached hydrogen (secondary N) is 2. The molecule has 2 saturated heterocycles. The van der Waals surface area contributed by atoms with E-state index in [0.29, 0.717) is 33.3 Å². The maximum absolute atomic E-state index is 13.7.